The van der Waals surface area contributed by atoms with E-state index < -0.39 is 23.3 Å². The van der Waals surface area contributed by atoms with Crippen molar-refractivity contribution in [1.29, 1.82) is 0 Å². The van der Waals surface area contributed by atoms with E-state index in [1.54, 1.807) is 6.07 Å². The predicted molar refractivity (Wildman–Crippen MR) is 167 cm³/mol. The molecule has 46 heavy (non-hydrogen) atoms. The van der Waals surface area contributed by atoms with Gasteiger partial charge in [0.2, 0.25) is 5.91 Å². The molecule has 9 nitrogen and oxygen atoms in total. The Hall–Kier alpha value is -4.19. The molecular weight excluding hydrogens is 597 g/mol. The molecule has 0 unspecified atom stereocenters. The monoisotopic (exact) mass is 632 g/mol. The maximum Gasteiger partial charge on any atom is 0.319 e. The van der Waals surface area contributed by atoms with Crippen LogP contribution in [0.25, 0.3) is 32.9 Å². The number of β-lactam (4-membered cyclic amide) rings is 1. The van der Waals surface area contributed by atoms with Crippen molar-refractivity contribution in [3.63, 3.8) is 0 Å². The molecule has 1 spiro atoms. The predicted octanol–water partition coefficient (Wildman–Crippen LogP) is 5.21. The number of nitrogens with one attached hydrogen (secondary N) is 1. The van der Waals surface area contributed by atoms with Gasteiger partial charge in [-0.15, -0.1) is 0 Å². The van der Waals surface area contributed by atoms with E-state index in [0.29, 0.717) is 79.3 Å². The number of phenolic OH excluding ortho intramolecular Hbond substituents is 1. The molecule has 4 aliphatic rings. The molecule has 6 heterocycles. The lowest BCUT2D eigenvalue weighted by Crippen LogP contribution is -2.65. The smallest absolute Gasteiger partial charge is 0.319 e. The Morgan fingerprint density at radius 1 is 1.13 bits per heavy atom. The highest BCUT2D eigenvalue weighted by Gasteiger charge is 2.49. The number of fused-ring (bicyclic) bond motifs is 3. The van der Waals surface area contributed by atoms with Crippen LogP contribution in [0.2, 0.25) is 0 Å². The Morgan fingerprint density at radius 3 is 2.70 bits per heavy atom. The first-order valence-corrected chi connectivity index (χ1v) is 16.1. The van der Waals surface area contributed by atoms with Crippen LogP contribution in [0.5, 0.6) is 11.8 Å². The van der Waals surface area contributed by atoms with Crippen LogP contribution < -0.4 is 15.0 Å². The summed E-state index contributed by atoms with van der Waals surface area (Å²) >= 11 is 0. The van der Waals surface area contributed by atoms with Crippen molar-refractivity contribution in [3.8, 4) is 23.0 Å². The van der Waals surface area contributed by atoms with E-state index in [9.17, 15) is 18.7 Å². The lowest BCUT2D eigenvalue weighted by molar-refractivity contribution is -0.133. The molecule has 4 saturated heterocycles. The van der Waals surface area contributed by atoms with E-state index in [1.165, 1.54) is 24.4 Å². The summed E-state index contributed by atoms with van der Waals surface area (Å²) < 4.78 is 52.4. The number of phenols is 1. The number of aromatic hydroxyl groups is 1. The summed E-state index contributed by atoms with van der Waals surface area (Å²) in [5, 5.41) is 15.0. The van der Waals surface area contributed by atoms with Crippen LogP contribution in [-0.4, -0.2) is 80.9 Å². The summed E-state index contributed by atoms with van der Waals surface area (Å²) in [5.41, 5.74) is -0.0876. The second-order valence-electron chi connectivity index (χ2n) is 13.3. The third kappa shape index (κ3) is 4.63. The third-order valence-electron chi connectivity index (χ3n) is 10.6. The van der Waals surface area contributed by atoms with E-state index in [-0.39, 0.29) is 46.6 Å². The normalized spacial score (nSPS) is 24.0. The van der Waals surface area contributed by atoms with E-state index in [1.807, 2.05) is 11.8 Å². The molecule has 0 saturated carbocycles. The van der Waals surface area contributed by atoms with Gasteiger partial charge in [0.05, 0.1) is 16.5 Å². The second kappa shape index (κ2) is 10.7. The van der Waals surface area contributed by atoms with Crippen molar-refractivity contribution in [2.45, 2.75) is 69.1 Å². The number of pyridine rings is 1. The molecule has 2 aromatic carbocycles. The molecule has 4 fully saturated rings. The Balaban J connectivity index is 1.24. The number of ether oxygens (including phenoxy) is 1. The van der Waals surface area contributed by atoms with Crippen molar-refractivity contribution in [2.24, 2.45) is 0 Å². The van der Waals surface area contributed by atoms with Gasteiger partial charge in [0.15, 0.2) is 5.82 Å². The zero-order valence-corrected chi connectivity index (χ0v) is 25.6. The molecule has 12 heteroatoms. The Kier molecular flexibility index (Phi) is 6.79. The highest BCUT2D eigenvalue weighted by Crippen LogP contribution is 2.42. The molecule has 0 aliphatic carbocycles. The van der Waals surface area contributed by atoms with Gasteiger partial charge in [-0.3, -0.25) is 14.7 Å². The van der Waals surface area contributed by atoms with Crippen molar-refractivity contribution < 1.29 is 27.8 Å². The molecule has 0 bridgehead atoms. The number of amides is 1. The fourth-order valence-corrected chi connectivity index (χ4v) is 8.23. The van der Waals surface area contributed by atoms with Gasteiger partial charge in [-0.2, -0.15) is 9.97 Å². The molecule has 2 atom stereocenters. The van der Waals surface area contributed by atoms with E-state index in [2.05, 4.69) is 20.2 Å². The Morgan fingerprint density at radius 2 is 1.93 bits per heavy atom. The van der Waals surface area contributed by atoms with Gasteiger partial charge in [-0.05, 0) is 73.2 Å². The number of piperidine rings is 1. The number of aromatic nitrogens is 3. The van der Waals surface area contributed by atoms with Crippen LogP contribution in [0.4, 0.5) is 19.0 Å². The molecular formula is C34H35F3N6O3. The molecule has 4 aromatic rings. The van der Waals surface area contributed by atoms with Crippen LogP contribution in [0, 0.1) is 11.6 Å². The number of hydrogen-bond donors (Lipinski definition) is 2. The van der Waals surface area contributed by atoms with E-state index in [4.69, 9.17) is 9.72 Å². The number of anilines is 1. The molecule has 240 valence electrons. The summed E-state index contributed by atoms with van der Waals surface area (Å²) in [6, 6.07) is 5.81. The average Bonchev–Trinajstić information content (AvgIpc) is 3.55. The van der Waals surface area contributed by atoms with Crippen molar-refractivity contribution in [3.05, 3.63) is 47.7 Å². The first-order chi connectivity index (χ1) is 22.2. The minimum absolute atomic E-state index is 0.0104. The number of carbonyl (C=O) groups excluding carboxylic acids is 1. The van der Waals surface area contributed by atoms with Gasteiger partial charge in [0, 0.05) is 44.2 Å². The van der Waals surface area contributed by atoms with E-state index in [0.717, 1.165) is 19.4 Å². The number of rotatable bonds is 6. The molecule has 4 aliphatic heterocycles. The zero-order chi connectivity index (χ0) is 31.8. The first kappa shape index (κ1) is 29.2. The fraction of sp³-hybridized carbons (Fsp3) is 0.471. The maximum atomic E-state index is 16.8. The number of benzene rings is 2. The van der Waals surface area contributed by atoms with Gasteiger partial charge in [-0.1, -0.05) is 13.0 Å². The minimum Gasteiger partial charge on any atom is -0.508 e. The molecule has 2 aromatic heterocycles. The lowest BCUT2D eigenvalue weighted by atomic mass is 9.78. The Bertz CT molecular complexity index is 1890. The minimum atomic E-state index is -0.925. The van der Waals surface area contributed by atoms with Crippen LogP contribution in [0.3, 0.4) is 0 Å². The average molecular weight is 633 g/mol. The topological polar surface area (TPSA) is 104 Å². The van der Waals surface area contributed by atoms with Crippen molar-refractivity contribution in [2.75, 3.05) is 37.7 Å². The second-order valence-corrected chi connectivity index (χ2v) is 13.3. The quantitative estimate of drug-likeness (QED) is 0.280. The maximum absolute atomic E-state index is 16.8. The summed E-state index contributed by atoms with van der Waals surface area (Å²) in [5.74, 6) is -0.747. The third-order valence-corrected chi connectivity index (χ3v) is 10.6. The van der Waals surface area contributed by atoms with E-state index >= 15 is 4.39 Å². The van der Waals surface area contributed by atoms with Gasteiger partial charge in [-0.25, -0.2) is 13.2 Å². The van der Waals surface area contributed by atoms with Gasteiger partial charge < -0.3 is 20.1 Å². The summed E-state index contributed by atoms with van der Waals surface area (Å²) in [6.45, 7) is 4.34. The molecule has 1 amide bonds. The number of halogens is 3. The van der Waals surface area contributed by atoms with Crippen LogP contribution in [-0.2, 0) is 11.2 Å². The summed E-state index contributed by atoms with van der Waals surface area (Å²) in [7, 11) is 0. The lowest BCUT2D eigenvalue weighted by Gasteiger charge is -2.48. The number of alkyl halides is 1. The Labute approximate surface area is 263 Å². The SMILES string of the molecule is CCc1c(F)ccc2cc(O)cc(-c3ncc4c(N5CCC6(CC5)CC(=O)N6)nc(OC[C@@]56CCCN5C[C@H](F)C6)nc4c3F)c12. The van der Waals surface area contributed by atoms with Crippen LogP contribution >= 0.6 is 0 Å². The number of nitrogens with zero attached hydrogens (tertiary/aromatic N) is 5. The van der Waals surface area contributed by atoms with Crippen LogP contribution in [0.1, 0.15) is 51.0 Å². The largest absolute Gasteiger partial charge is 0.508 e. The molecule has 0 radical (unpaired) electrons. The molecule has 8 rings (SSSR count). The van der Waals surface area contributed by atoms with Crippen molar-refractivity contribution >= 4 is 33.4 Å². The zero-order valence-electron chi connectivity index (χ0n) is 25.6. The standard InChI is InChI=1S/C34H35F3N6O3/c1-2-22-25(36)5-4-19-12-21(44)13-23(27(19)22)29-28(37)30-24(16-38-29)31(42-10-7-33(8-11-42)15-26(45)41-33)40-32(39-30)46-18-34-6-3-9-43(34)17-20(35)14-34/h4-5,12-13,16,20,44H,2-3,6-11,14-15,17-18H2,1H3,(H,41,45)/t20-,34+/m1/s1. The summed E-state index contributed by atoms with van der Waals surface area (Å²) in [4.78, 5) is 29.7. The molecule has 2 N–H and O–H groups in total. The van der Waals surface area contributed by atoms with Gasteiger partial charge in [0.25, 0.3) is 0 Å². The first-order valence-electron chi connectivity index (χ1n) is 16.1. The summed E-state index contributed by atoms with van der Waals surface area (Å²) in [6.07, 6.45) is 5.00. The van der Waals surface area contributed by atoms with Crippen molar-refractivity contribution in [1.82, 2.24) is 25.2 Å². The van der Waals surface area contributed by atoms with Gasteiger partial charge >= 0.3 is 6.01 Å². The number of hydrogen-bond acceptors (Lipinski definition) is 8. The number of carbonyl (C=O) groups is 1. The number of aryl methyl sites for hydroxylation is 1. The van der Waals surface area contributed by atoms with Crippen LogP contribution in [0.15, 0.2) is 30.5 Å². The highest BCUT2D eigenvalue weighted by atomic mass is 19.1. The highest BCUT2D eigenvalue weighted by molar-refractivity contribution is 6.01. The fourth-order valence-electron chi connectivity index (χ4n) is 8.23. The van der Waals surface area contributed by atoms with Gasteiger partial charge in [0.1, 0.15) is 41.4 Å².